The standard InChI is InChI=1S/C17H24N4O2/c1-3-17(4-2,9-12-22)13-18-16(23)14-7-5-8-15(20-14)21-11-6-10-19-21/h5-8,10-11,22H,3-4,9,12-13H2,1-2H3,(H,18,23). The third kappa shape index (κ3) is 4.16. The van der Waals surface area contributed by atoms with Crippen LogP contribution in [0.2, 0.25) is 0 Å². The van der Waals surface area contributed by atoms with Crippen molar-refractivity contribution in [1.29, 1.82) is 0 Å². The van der Waals surface area contributed by atoms with Crippen molar-refractivity contribution >= 4 is 5.91 Å². The van der Waals surface area contributed by atoms with E-state index in [9.17, 15) is 9.90 Å². The van der Waals surface area contributed by atoms with Crippen LogP contribution in [0.3, 0.4) is 0 Å². The Kier molecular flexibility index (Phi) is 5.87. The lowest BCUT2D eigenvalue weighted by molar-refractivity contribution is 0.0902. The number of hydrogen-bond donors (Lipinski definition) is 2. The zero-order valence-electron chi connectivity index (χ0n) is 13.7. The zero-order valence-corrected chi connectivity index (χ0v) is 13.7. The van der Waals surface area contributed by atoms with Crippen molar-refractivity contribution in [2.45, 2.75) is 33.1 Å². The molecule has 2 aromatic heterocycles. The number of carbonyl (C=O) groups is 1. The molecular formula is C17H24N4O2. The number of carbonyl (C=O) groups excluding carboxylic acids is 1. The minimum atomic E-state index is -0.205. The van der Waals surface area contributed by atoms with Gasteiger partial charge in [-0.15, -0.1) is 0 Å². The third-order valence-corrected chi connectivity index (χ3v) is 4.47. The molecule has 6 nitrogen and oxygen atoms in total. The topological polar surface area (TPSA) is 80.0 Å². The number of pyridine rings is 1. The third-order valence-electron chi connectivity index (χ3n) is 4.47. The Morgan fingerprint density at radius 2 is 2.09 bits per heavy atom. The van der Waals surface area contributed by atoms with Crippen LogP contribution >= 0.6 is 0 Å². The van der Waals surface area contributed by atoms with Crippen molar-refractivity contribution in [2.75, 3.05) is 13.2 Å². The Labute approximate surface area is 136 Å². The van der Waals surface area contributed by atoms with E-state index < -0.39 is 0 Å². The van der Waals surface area contributed by atoms with E-state index in [1.54, 1.807) is 41.3 Å². The summed E-state index contributed by atoms with van der Waals surface area (Å²) in [5, 5.41) is 16.3. The second kappa shape index (κ2) is 7.87. The van der Waals surface area contributed by atoms with E-state index in [0.29, 0.717) is 24.5 Å². The van der Waals surface area contributed by atoms with Crippen LogP contribution in [0.5, 0.6) is 0 Å². The monoisotopic (exact) mass is 316 g/mol. The summed E-state index contributed by atoms with van der Waals surface area (Å²) in [5.41, 5.74) is 0.299. The summed E-state index contributed by atoms with van der Waals surface area (Å²) in [6, 6.07) is 7.09. The lowest BCUT2D eigenvalue weighted by atomic mass is 9.79. The molecule has 6 heteroatoms. The average molecular weight is 316 g/mol. The molecule has 0 saturated heterocycles. The molecule has 0 aliphatic heterocycles. The van der Waals surface area contributed by atoms with Gasteiger partial charge in [-0.1, -0.05) is 19.9 Å². The summed E-state index contributed by atoms with van der Waals surface area (Å²) < 4.78 is 1.62. The predicted molar refractivity (Wildman–Crippen MR) is 88.4 cm³/mol. The molecule has 124 valence electrons. The molecule has 0 spiro atoms. The van der Waals surface area contributed by atoms with Crippen LogP contribution in [0, 0.1) is 5.41 Å². The predicted octanol–water partition coefficient (Wildman–Crippen LogP) is 2.19. The van der Waals surface area contributed by atoms with Gasteiger partial charge >= 0.3 is 0 Å². The molecule has 0 fully saturated rings. The van der Waals surface area contributed by atoms with Gasteiger partial charge in [0, 0.05) is 25.5 Å². The number of rotatable bonds is 8. The molecule has 0 aromatic carbocycles. The molecule has 2 rings (SSSR count). The lowest BCUT2D eigenvalue weighted by Crippen LogP contribution is -2.38. The second-order valence-corrected chi connectivity index (χ2v) is 5.70. The first kappa shape index (κ1) is 17.1. The second-order valence-electron chi connectivity index (χ2n) is 5.70. The number of aromatic nitrogens is 3. The molecule has 0 unspecified atom stereocenters. The molecule has 0 atom stereocenters. The molecule has 0 bridgehead atoms. The maximum absolute atomic E-state index is 12.4. The van der Waals surface area contributed by atoms with Gasteiger partial charge in [0.05, 0.1) is 0 Å². The van der Waals surface area contributed by atoms with E-state index in [4.69, 9.17) is 0 Å². The van der Waals surface area contributed by atoms with Crippen molar-refractivity contribution in [3.8, 4) is 5.82 Å². The summed E-state index contributed by atoms with van der Waals surface area (Å²) in [7, 11) is 0. The lowest BCUT2D eigenvalue weighted by Gasteiger charge is -2.31. The summed E-state index contributed by atoms with van der Waals surface area (Å²) in [6.07, 6.45) is 5.95. The van der Waals surface area contributed by atoms with Gasteiger partial charge in [-0.2, -0.15) is 5.10 Å². The van der Waals surface area contributed by atoms with Crippen LogP contribution in [0.1, 0.15) is 43.6 Å². The highest BCUT2D eigenvalue weighted by Crippen LogP contribution is 2.29. The summed E-state index contributed by atoms with van der Waals surface area (Å²) in [6.45, 7) is 4.83. The van der Waals surface area contributed by atoms with Gasteiger partial charge < -0.3 is 10.4 Å². The van der Waals surface area contributed by atoms with Crippen molar-refractivity contribution in [3.05, 3.63) is 42.4 Å². The number of nitrogens with one attached hydrogen (secondary N) is 1. The fourth-order valence-electron chi connectivity index (χ4n) is 2.62. The Balaban J connectivity index is 2.07. The number of nitrogens with zero attached hydrogens (tertiary/aromatic N) is 3. The molecule has 2 N–H and O–H groups in total. The quantitative estimate of drug-likeness (QED) is 0.782. The summed E-state index contributed by atoms with van der Waals surface area (Å²) in [5.74, 6) is 0.401. The minimum Gasteiger partial charge on any atom is -0.396 e. The Hall–Kier alpha value is -2.21. The number of aliphatic hydroxyl groups excluding tert-OH is 1. The molecule has 23 heavy (non-hydrogen) atoms. The maximum Gasteiger partial charge on any atom is 0.269 e. The first-order valence-corrected chi connectivity index (χ1v) is 8.00. The number of hydrogen-bond acceptors (Lipinski definition) is 4. The first-order chi connectivity index (χ1) is 11.1. The molecule has 2 aromatic rings. The Morgan fingerprint density at radius 3 is 2.70 bits per heavy atom. The molecule has 0 aliphatic rings. The van der Waals surface area contributed by atoms with Gasteiger partial charge in [-0.05, 0) is 42.9 Å². The Bertz CT molecular complexity index is 621. The van der Waals surface area contributed by atoms with Crippen molar-refractivity contribution in [1.82, 2.24) is 20.1 Å². The minimum absolute atomic E-state index is 0.0655. The highest BCUT2D eigenvalue weighted by atomic mass is 16.3. The van der Waals surface area contributed by atoms with E-state index in [2.05, 4.69) is 29.2 Å². The molecule has 2 heterocycles. The molecular weight excluding hydrogens is 292 g/mol. The molecule has 0 radical (unpaired) electrons. The van der Waals surface area contributed by atoms with Crippen LogP contribution < -0.4 is 5.32 Å². The summed E-state index contributed by atoms with van der Waals surface area (Å²) >= 11 is 0. The van der Waals surface area contributed by atoms with Gasteiger partial charge in [0.2, 0.25) is 0 Å². The van der Waals surface area contributed by atoms with E-state index in [1.807, 2.05) is 0 Å². The highest BCUT2D eigenvalue weighted by Gasteiger charge is 2.26. The largest absolute Gasteiger partial charge is 0.396 e. The fraction of sp³-hybridized carbons (Fsp3) is 0.471. The molecule has 1 amide bonds. The smallest absolute Gasteiger partial charge is 0.269 e. The SMILES string of the molecule is CCC(CC)(CCO)CNC(=O)c1cccc(-n2cccn2)n1. The van der Waals surface area contributed by atoms with Crippen LogP contribution in [0.15, 0.2) is 36.7 Å². The fourth-order valence-corrected chi connectivity index (χ4v) is 2.62. The van der Waals surface area contributed by atoms with Crippen molar-refractivity contribution in [2.24, 2.45) is 5.41 Å². The molecule has 0 aliphatic carbocycles. The van der Waals surface area contributed by atoms with Crippen molar-refractivity contribution < 1.29 is 9.90 Å². The zero-order chi connectivity index (χ0) is 16.7. The van der Waals surface area contributed by atoms with Crippen LogP contribution in [0.4, 0.5) is 0 Å². The van der Waals surface area contributed by atoms with Crippen LogP contribution in [-0.4, -0.2) is 38.9 Å². The van der Waals surface area contributed by atoms with Gasteiger partial charge in [0.15, 0.2) is 5.82 Å². The van der Waals surface area contributed by atoms with Gasteiger partial charge in [0.25, 0.3) is 5.91 Å². The van der Waals surface area contributed by atoms with E-state index >= 15 is 0 Å². The number of amides is 1. The first-order valence-electron chi connectivity index (χ1n) is 8.00. The van der Waals surface area contributed by atoms with Crippen LogP contribution in [0.25, 0.3) is 5.82 Å². The number of aliphatic hydroxyl groups is 1. The van der Waals surface area contributed by atoms with Gasteiger partial charge in [-0.25, -0.2) is 9.67 Å². The van der Waals surface area contributed by atoms with Crippen LogP contribution in [-0.2, 0) is 0 Å². The van der Waals surface area contributed by atoms with Gasteiger partial charge in [0.1, 0.15) is 5.69 Å². The normalized spacial score (nSPS) is 11.4. The van der Waals surface area contributed by atoms with E-state index in [-0.39, 0.29) is 17.9 Å². The van der Waals surface area contributed by atoms with E-state index in [1.165, 1.54) is 0 Å². The van der Waals surface area contributed by atoms with Gasteiger partial charge in [-0.3, -0.25) is 4.79 Å². The molecule has 0 saturated carbocycles. The van der Waals surface area contributed by atoms with Crippen molar-refractivity contribution in [3.63, 3.8) is 0 Å². The highest BCUT2D eigenvalue weighted by molar-refractivity contribution is 5.92. The Morgan fingerprint density at radius 1 is 1.30 bits per heavy atom. The average Bonchev–Trinajstić information content (AvgIpc) is 3.13. The summed E-state index contributed by atoms with van der Waals surface area (Å²) in [4.78, 5) is 16.7. The van der Waals surface area contributed by atoms with E-state index in [0.717, 1.165) is 12.8 Å². The maximum atomic E-state index is 12.4.